The van der Waals surface area contributed by atoms with Gasteiger partial charge in [0.05, 0.1) is 18.2 Å². The van der Waals surface area contributed by atoms with E-state index in [0.29, 0.717) is 5.56 Å². The molecule has 0 aromatic heterocycles. The van der Waals surface area contributed by atoms with Gasteiger partial charge in [-0.15, -0.1) is 0 Å². The zero-order valence-electron chi connectivity index (χ0n) is 12.0. The Kier molecular flexibility index (Phi) is 6.84. The van der Waals surface area contributed by atoms with Gasteiger partial charge in [-0.1, -0.05) is 23.7 Å². The van der Waals surface area contributed by atoms with Crippen molar-refractivity contribution < 1.29 is 26.2 Å². The lowest BCUT2D eigenvalue weighted by Gasteiger charge is -2.17. The summed E-state index contributed by atoms with van der Waals surface area (Å²) < 4.78 is 51.3. The van der Waals surface area contributed by atoms with E-state index in [4.69, 9.17) is 24.8 Å². The van der Waals surface area contributed by atoms with Crippen LogP contribution in [0.5, 0.6) is 0 Å². The summed E-state index contributed by atoms with van der Waals surface area (Å²) in [6.45, 7) is 5.07. The van der Waals surface area contributed by atoms with E-state index in [-0.39, 0.29) is 23.1 Å². The van der Waals surface area contributed by atoms with E-state index < -0.39 is 24.1 Å². The van der Waals surface area contributed by atoms with Crippen molar-refractivity contribution in [2.75, 3.05) is 19.6 Å². The van der Waals surface area contributed by atoms with Gasteiger partial charge in [0, 0.05) is 0 Å². The Bertz CT molecular complexity index is 600. The minimum absolute atomic E-state index is 0.0395. The second kappa shape index (κ2) is 7.72. The summed E-state index contributed by atoms with van der Waals surface area (Å²) in [5.74, 6) is 0. The lowest BCUT2D eigenvalue weighted by atomic mass is 10.2. The Balaban J connectivity index is 2.98. The molecular formula is C12H18ClO6PS. The maximum Gasteiger partial charge on any atom is 0.357 e. The number of aryl methyl sites for hydroxylation is 1. The molecule has 0 radical (unpaired) electrons. The van der Waals surface area contributed by atoms with Gasteiger partial charge in [0.15, 0.2) is 6.35 Å². The summed E-state index contributed by atoms with van der Waals surface area (Å²) in [7, 11) is -7.77. The molecule has 1 aromatic rings. The molecule has 21 heavy (non-hydrogen) atoms. The quantitative estimate of drug-likeness (QED) is 0.523. The fraction of sp³-hybridized carbons (Fsp3) is 0.500. The average molecular weight is 357 g/mol. The van der Waals surface area contributed by atoms with Gasteiger partial charge in [-0.25, -0.2) is 0 Å². The van der Waals surface area contributed by atoms with Gasteiger partial charge in [0.1, 0.15) is 4.90 Å². The monoisotopic (exact) mass is 356 g/mol. The number of rotatable bonds is 8. The maximum absolute atomic E-state index is 12.2. The fourth-order valence-corrected chi connectivity index (χ4v) is 5.11. The van der Waals surface area contributed by atoms with Crippen LogP contribution >= 0.6 is 19.2 Å². The van der Waals surface area contributed by atoms with E-state index in [1.54, 1.807) is 32.9 Å². The molecule has 0 heterocycles. The van der Waals surface area contributed by atoms with Crippen LogP contribution in [0.4, 0.5) is 0 Å². The van der Waals surface area contributed by atoms with E-state index in [9.17, 15) is 13.0 Å². The van der Waals surface area contributed by atoms with Gasteiger partial charge in [0.25, 0.3) is 10.1 Å². The van der Waals surface area contributed by atoms with Crippen LogP contribution in [0.1, 0.15) is 19.4 Å². The van der Waals surface area contributed by atoms with Crippen LogP contribution < -0.4 is 0 Å². The molecule has 0 unspecified atom stereocenters. The van der Waals surface area contributed by atoms with Crippen LogP contribution in [0.15, 0.2) is 23.1 Å². The number of hydrogen-bond acceptors (Lipinski definition) is 6. The minimum Gasteiger partial charge on any atom is -0.307 e. The first-order valence-corrected chi connectivity index (χ1v) is 9.80. The molecule has 0 N–H and O–H groups in total. The van der Waals surface area contributed by atoms with E-state index >= 15 is 0 Å². The molecular weight excluding hydrogens is 339 g/mol. The predicted octanol–water partition coefficient (Wildman–Crippen LogP) is 3.58. The summed E-state index contributed by atoms with van der Waals surface area (Å²) in [6, 6.07) is 4.66. The molecule has 120 valence electrons. The summed E-state index contributed by atoms with van der Waals surface area (Å²) in [4.78, 5) is -0.147. The topological polar surface area (TPSA) is 78.9 Å². The summed E-state index contributed by atoms with van der Waals surface area (Å²) >= 11 is 5.90. The van der Waals surface area contributed by atoms with Gasteiger partial charge in [-0.05, 0) is 32.4 Å². The zero-order chi connectivity index (χ0) is 16.1. The van der Waals surface area contributed by atoms with Gasteiger partial charge < -0.3 is 9.05 Å². The second-order valence-electron chi connectivity index (χ2n) is 4.03. The molecule has 0 amide bonds. The lowest BCUT2D eigenvalue weighted by Crippen LogP contribution is -2.12. The van der Waals surface area contributed by atoms with Gasteiger partial charge >= 0.3 is 7.60 Å². The van der Waals surface area contributed by atoms with Crippen molar-refractivity contribution in [2.24, 2.45) is 0 Å². The Labute approximate surface area is 130 Å². The molecule has 0 aliphatic carbocycles. The van der Waals surface area contributed by atoms with Crippen molar-refractivity contribution >= 4 is 29.3 Å². The molecule has 0 saturated carbocycles. The largest absolute Gasteiger partial charge is 0.357 e. The van der Waals surface area contributed by atoms with Crippen LogP contribution in [0.2, 0.25) is 5.02 Å². The standard InChI is InChI=1S/C12H18ClO6PS/c1-4-17-20(14,18-5-2)9-19-21(15,16)12-10(3)7-6-8-11(12)13/h6-8H,4-5,9H2,1-3H3. The third-order valence-corrected chi connectivity index (χ3v) is 6.25. The minimum atomic E-state index is -4.16. The van der Waals surface area contributed by atoms with Crippen molar-refractivity contribution in [1.29, 1.82) is 0 Å². The Morgan fingerprint density at radius 2 is 1.76 bits per heavy atom. The predicted molar refractivity (Wildman–Crippen MR) is 80.2 cm³/mol. The van der Waals surface area contributed by atoms with E-state index in [2.05, 4.69) is 0 Å². The SMILES string of the molecule is CCOP(=O)(COS(=O)(=O)c1c(C)cccc1Cl)OCC. The summed E-state index contributed by atoms with van der Waals surface area (Å²) in [5, 5.41) is 0.0395. The van der Waals surface area contributed by atoms with Crippen LogP contribution in [0, 0.1) is 6.92 Å². The van der Waals surface area contributed by atoms with Gasteiger partial charge in [0.2, 0.25) is 0 Å². The highest BCUT2D eigenvalue weighted by Gasteiger charge is 2.30. The zero-order valence-corrected chi connectivity index (χ0v) is 14.5. The number of halogens is 1. The smallest absolute Gasteiger partial charge is 0.307 e. The highest BCUT2D eigenvalue weighted by atomic mass is 35.5. The van der Waals surface area contributed by atoms with Gasteiger partial charge in [-0.2, -0.15) is 8.42 Å². The number of benzene rings is 1. The molecule has 0 aliphatic heterocycles. The highest BCUT2D eigenvalue weighted by Crippen LogP contribution is 2.48. The second-order valence-corrected chi connectivity index (χ2v) is 7.99. The van der Waals surface area contributed by atoms with E-state index in [0.717, 1.165) is 0 Å². The van der Waals surface area contributed by atoms with E-state index in [1.165, 1.54) is 6.07 Å². The third-order valence-electron chi connectivity index (χ3n) is 2.43. The molecule has 0 aliphatic rings. The van der Waals surface area contributed by atoms with Crippen molar-refractivity contribution in [1.82, 2.24) is 0 Å². The van der Waals surface area contributed by atoms with Crippen LogP contribution in [-0.2, 0) is 27.9 Å². The third kappa shape index (κ3) is 5.06. The average Bonchev–Trinajstić information content (AvgIpc) is 2.37. The highest BCUT2D eigenvalue weighted by molar-refractivity contribution is 7.87. The van der Waals surface area contributed by atoms with Crippen LogP contribution in [0.25, 0.3) is 0 Å². The lowest BCUT2D eigenvalue weighted by molar-refractivity contribution is 0.198. The molecule has 6 nitrogen and oxygen atoms in total. The number of hydrogen-bond donors (Lipinski definition) is 0. The van der Waals surface area contributed by atoms with Crippen LogP contribution in [0.3, 0.4) is 0 Å². The summed E-state index contributed by atoms with van der Waals surface area (Å²) in [6.07, 6.45) is -0.693. The summed E-state index contributed by atoms with van der Waals surface area (Å²) in [5.41, 5.74) is 0.435. The first kappa shape index (κ1) is 18.6. The van der Waals surface area contributed by atoms with E-state index in [1.807, 2.05) is 0 Å². The molecule has 0 atom stereocenters. The van der Waals surface area contributed by atoms with Crippen molar-refractivity contribution in [3.8, 4) is 0 Å². The van der Waals surface area contributed by atoms with Crippen molar-refractivity contribution in [2.45, 2.75) is 25.7 Å². The Morgan fingerprint density at radius 3 is 2.24 bits per heavy atom. The molecule has 1 rings (SSSR count). The van der Waals surface area contributed by atoms with Crippen molar-refractivity contribution in [3.63, 3.8) is 0 Å². The normalized spacial score (nSPS) is 12.6. The maximum atomic E-state index is 12.2. The van der Waals surface area contributed by atoms with Gasteiger partial charge in [-0.3, -0.25) is 8.75 Å². The molecule has 9 heteroatoms. The molecule has 0 fully saturated rings. The molecule has 0 spiro atoms. The Morgan fingerprint density at radius 1 is 1.19 bits per heavy atom. The molecule has 1 aromatic carbocycles. The molecule has 0 saturated heterocycles. The fourth-order valence-electron chi connectivity index (χ4n) is 1.63. The Hall–Kier alpha value is -0.430. The van der Waals surface area contributed by atoms with Crippen molar-refractivity contribution in [3.05, 3.63) is 28.8 Å². The molecule has 0 bridgehead atoms. The first-order valence-electron chi connectivity index (χ1n) is 6.28. The van der Waals surface area contributed by atoms with Crippen LogP contribution in [-0.4, -0.2) is 28.0 Å². The first-order chi connectivity index (χ1) is 9.75.